The number of thioether (sulfide) groups is 1. The number of hydrogen-bond donors (Lipinski definition) is 1. The summed E-state index contributed by atoms with van der Waals surface area (Å²) in [5.41, 5.74) is -1.17. The van der Waals surface area contributed by atoms with Gasteiger partial charge in [0, 0.05) is 45.4 Å². The van der Waals surface area contributed by atoms with Crippen LogP contribution in [-0.2, 0) is 19.1 Å². The zero-order valence-corrected chi connectivity index (χ0v) is 19.5. The zero-order chi connectivity index (χ0) is 21.9. The van der Waals surface area contributed by atoms with Crippen LogP contribution in [0.1, 0.15) is 52.9 Å². The Kier molecular flexibility index (Phi) is 7.05. The second-order valence-corrected chi connectivity index (χ2v) is 10.5. The molecule has 2 fully saturated rings. The molecule has 168 valence electrons. The predicted octanol–water partition coefficient (Wildman–Crippen LogP) is 2.37. The van der Waals surface area contributed by atoms with Crippen LogP contribution in [0.3, 0.4) is 0 Å². The summed E-state index contributed by atoms with van der Waals surface area (Å²) in [4.78, 5) is 42.8. The lowest BCUT2D eigenvalue weighted by Crippen LogP contribution is -2.48. The van der Waals surface area contributed by atoms with Crippen molar-refractivity contribution in [3.8, 4) is 0 Å². The first kappa shape index (κ1) is 23.0. The number of rotatable bonds is 8. The molecule has 0 unspecified atom stereocenters. The molecule has 7 nitrogen and oxygen atoms in total. The summed E-state index contributed by atoms with van der Waals surface area (Å²) in [6.45, 7) is 9.14. The normalized spacial score (nSPS) is 20.6. The highest BCUT2D eigenvalue weighted by molar-refractivity contribution is 8.04. The molecule has 2 aliphatic heterocycles. The maximum absolute atomic E-state index is 12.9. The van der Waals surface area contributed by atoms with Crippen LogP contribution in [0.2, 0.25) is 0 Å². The second-order valence-electron chi connectivity index (χ2n) is 9.39. The molecule has 1 saturated heterocycles. The molecule has 1 aliphatic carbocycles. The minimum atomic E-state index is -0.848. The van der Waals surface area contributed by atoms with Crippen LogP contribution in [0.25, 0.3) is 0 Å². The molecule has 30 heavy (non-hydrogen) atoms. The molecule has 0 spiro atoms. The van der Waals surface area contributed by atoms with Crippen LogP contribution in [0.5, 0.6) is 0 Å². The molecule has 3 amide bonds. The molecule has 1 N–H and O–H groups in total. The SMILES string of the molecule is CCC1=C(C(=O)N(C)CC(C)(C)CNC(=O)C2(C(=O)N3CCCC3)CC2)SCCO1. The summed E-state index contributed by atoms with van der Waals surface area (Å²) < 4.78 is 5.65. The largest absolute Gasteiger partial charge is 0.496 e. The lowest BCUT2D eigenvalue weighted by molar-refractivity contribution is -0.143. The summed E-state index contributed by atoms with van der Waals surface area (Å²) in [7, 11) is 1.79. The summed E-state index contributed by atoms with van der Waals surface area (Å²) in [5.74, 6) is 1.36. The highest BCUT2D eigenvalue weighted by atomic mass is 32.2. The number of hydrogen-bond acceptors (Lipinski definition) is 5. The maximum Gasteiger partial charge on any atom is 0.263 e. The average molecular weight is 438 g/mol. The number of nitrogens with zero attached hydrogens (tertiary/aromatic N) is 2. The maximum atomic E-state index is 12.9. The third-order valence-corrected chi connectivity index (χ3v) is 7.16. The average Bonchev–Trinajstić information content (AvgIpc) is 3.36. The summed E-state index contributed by atoms with van der Waals surface area (Å²) in [5, 5.41) is 3.01. The molecule has 0 atom stereocenters. The van der Waals surface area contributed by atoms with Crippen LogP contribution in [0.15, 0.2) is 10.7 Å². The van der Waals surface area contributed by atoms with Gasteiger partial charge in [0.25, 0.3) is 5.91 Å². The molecule has 0 radical (unpaired) electrons. The van der Waals surface area contributed by atoms with Gasteiger partial charge in [-0.3, -0.25) is 14.4 Å². The third-order valence-electron chi connectivity index (χ3n) is 6.10. The number of amides is 3. The van der Waals surface area contributed by atoms with Crippen molar-refractivity contribution in [2.75, 3.05) is 45.6 Å². The highest BCUT2D eigenvalue weighted by Crippen LogP contribution is 2.48. The van der Waals surface area contributed by atoms with E-state index in [2.05, 4.69) is 5.32 Å². The number of nitrogens with one attached hydrogen (secondary N) is 1. The molecule has 3 aliphatic rings. The van der Waals surface area contributed by atoms with Crippen molar-refractivity contribution in [2.24, 2.45) is 10.8 Å². The van der Waals surface area contributed by atoms with E-state index in [9.17, 15) is 14.4 Å². The third kappa shape index (κ3) is 4.95. The second kappa shape index (κ2) is 9.20. The van der Waals surface area contributed by atoms with E-state index >= 15 is 0 Å². The number of likely N-dealkylation sites (N-methyl/N-ethyl adjacent to an activating group) is 1. The van der Waals surface area contributed by atoms with Gasteiger partial charge in [-0.05, 0) is 31.1 Å². The van der Waals surface area contributed by atoms with Gasteiger partial charge in [0.05, 0.1) is 6.61 Å². The van der Waals surface area contributed by atoms with E-state index in [4.69, 9.17) is 4.74 Å². The van der Waals surface area contributed by atoms with E-state index in [0.29, 0.717) is 43.9 Å². The number of ether oxygens (including phenoxy) is 1. The fourth-order valence-electron chi connectivity index (χ4n) is 4.22. The van der Waals surface area contributed by atoms with Crippen LogP contribution < -0.4 is 5.32 Å². The number of carbonyl (C=O) groups is 3. The standard InChI is InChI=1S/C22H35N3O4S/c1-5-16-17(30-13-12-29-16)18(26)24(4)15-21(2,3)14-23-19(27)22(8-9-22)20(28)25-10-6-7-11-25/h5-15H2,1-4H3,(H,23,27). The van der Waals surface area contributed by atoms with E-state index in [1.54, 1.807) is 23.7 Å². The van der Waals surface area contributed by atoms with Gasteiger partial charge in [0.15, 0.2) is 0 Å². The van der Waals surface area contributed by atoms with Crippen molar-refractivity contribution < 1.29 is 19.1 Å². The van der Waals surface area contributed by atoms with Crippen LogP contribution in [0.4, 0.5) is 0 Å². The van der Waals surface area contributed by atoms with Crippen molar-refractivity contribution in [2.45, 2.75) is 52.9 Å². The fraction of sp³-hybridized carbons (Fsp3) is 0.773. The first-order valence-corrected chi connectivity index (χ1v) is 12.0. The molecular weight excluding hydrogens is 402 g/mol. The van der Waals surface area contributed by atoms with E-state index in [1.165, 1.54) is 0 Å². The predicted molar refractivity (Wildman–Crippen MR) is 118 cm³/mol. The van der Waals surface area contributed by atoms with Crippen molar-refractivity contribution in [3.05, 3.63) is 10.7 Å². The van der Waals surface area contributed by atoms with E-state index in [0.717, 1.165) is 37.4 Å². The van der Waals surface area contributed by atoms with Crippen molar-refractivity contribution in [1.82, 2.24) is 15.1 Å². The summed E-state index contributed by atoms with van der Waals surface area (Å²) >= 11 is 1.55. The zero-order valence-electron chi connectivity index (χ0n) is 18.7. The highest BCUT2D eigenvalue weighted by Gasteiger charge is 2.58. The van der Waals surface area contributed by atoms with Gasteiger partial charge in [-0.25, -0.2) is 0 Å². The number of likely N-dealkylation sites (tertiary alicyclic amines) is 1. The van der Waals surface area contributed by atoms with E-state index in [1.807, 2.05) is 25.7 Å². The minimum absolute atomic E-state index is 0.00374. The molecule has 0 aromatic heterocycles. The molecule has 1 saturated carbocycles. The Bertz CT molecular complexity index is 724. The van der Waals surface area contributed by atoms with Gasteiger partial charge in [0.1, 0.15) is 16.1 Å². The van der Waals surface area contributed by atoms with Gasteiger partial charge in [-0.2, -0.15) is 0 Å². The summed E-state index contributed by atoms with van der Waals surface area (Å²) in [6.07, 6.45) is 4.03. The Balaban J connectivity index is 1.54. The quantitative estimate of drug-likeness (QED) is 0.590. The summed E-state index contributed by atoms with van der Waals surface area (Å²) in [6, 6.07) is 0. The van der Waals surface area contributed by atoms with Crippen molar-refractivity contribution >= 4 is 29.5 Å². The molecular formula is C22H35N3O4S. The molecule has 0 aromatic rings. The lowest BCUT2D eigenvalue weighted by Gasteiger charge is -2.32. The Morgan fingerprint density at radius 2 is 1.90 bits per heavy atom. The molecule has 2 heterocycles. The van der Waals surface area contributed by atoms with Gasteiger partial charge >= 0.3 is 0 Å². The molecule has 3 rings (SSSR count). The van der Waals surface area contributed by atoms with Crippen LogP contribution >= 0.6 is 11.8 Å². The van der Waals surface area contributed by atoms with Crippen molar-refractivity contribution in [3.63, 3.8) is 0 Å². The molecule has 8 heteroatoms. The van der Waals surface area contributed by atoms with E-state index < -0.39 is 5.41 Å². The van der Waals surface area contributed by atoms with Crippen molar-refractivity contribution in [1.29, 1.82) is 0 Å². The topological polar surface area (TPSA) is 79.0 Å². The minimum Gasteiger partial charge on any atom is -0.496 e. The smallest absolute Gasteiger partial charge is 0.263 e. The van der Waals surface area contributed by atoms with E-state index in [-0.39, 0.29) is 23.1 Å². The molecule has 0 bridgehead atoms. The van der Waals surface area contributed by atoms with Gasteiger partial charge in [0.2, 0.25) is 11.8 Å². The number of allylic oxidation sites excluding steroid dienone is 1. The fourth-order valence-corrected chi connectivity index (χ4v) is 5.23. The van der Waals surface area contributed by atoms with Crippen LogP contribution in [0, 0.1) is 10.8 Å². The van der Waals surface area contributed by atoms with Gasteiger partial charge in [-0.15, -0.1) is 11.8 Å². The first-order valence-electron chi connectivity index (χ1n) is 11.0. The Labute approximate surface area is 183 Å². The Morgan fingerprint density at radius 3 is 2.50 bits per heavy atom. The number of carbonyl (C=O) groups excluding carboxylic acids is 3. The first-order chi connectivity index (χ1) is 14.2. The van der Waals surface area contributed by atoms with Gasteiger partial charge in [-0.1, -0.05) is 20.8 Å². The molecule has 0 aromatic carbocycles. The monoisotopic (exact) mass is 437 g/mol. The Hall–Kier alpha value is -1.70. The van der Waals surface area contributed by atoms with Gasteiger partial charge < -0.3 is 19.9 Å². The van der Waals surface area contributed by atoms with Crippen LogP contribution in [-0.4, -0.2) is 73.1 Å². The lowest BCUT2D eigenvalue weighted by atomic mass is 9.92. The Morgan fingerprint density at radius 1 is 1.23 bits per heavy atom.